The number of nitrogens with zero attached hydrogens (tertiary/aromatic N) is 1. The van der Waals surface area contributed by atoms with Crippen molar-refractivity contribution in [1.82, 2.24) is 10.3 Å². The molecule has 2 aromatic rings. The molecule has 1 aliphatic rings. The molecule has 1 aromatic carbocycles. The molecule has 2 heterocycles. The topological polar surface area (TPSA) is 60.5 Å². The van der Waals surface area contributed by atoms with Gasteiger partial charge in [-0.1, -0.05) is 12.1 Å². The van der Waals surface area contributed by atoms with Crippen LogP contribution in [-0.4, -0.2) is 30.2 Å². The Balaban J connectivity index is 1.52. The Hall–Kier alpha value is -2.47. The first-order valence-electron chi connectivity index (χ1n) is 7.94. The molecular formula is C18H19FN2O3. The summed E-state index contributed by atoms with van der Waals surface area (Å²) in [6, 6.07) is 9.39. The number of ether oxygens (including phenoxy) is 2. The van der Waals surface area contributed by atoms with Crippen LogP contribution in [-0.2, 0) is 11.3 Å². The molecule has 126 valence electrons. The van der Waals surface area contributed by atoms with E-state index in [2.05, 4.69) is 10.3 Å². The number of nitrogens with one attached hydrogen (secondary N) is 1. The van der Waals surface area contributed by atoms with Crippen LogP contribution < -0.4 is 10.1 Å². The van der Waals surface area contributed by atoms with E-state index in [-0.39, 0.29) is 17.8 Å². The molecule has 0 radical (unpaired) electrons. The Morgan fingerprint density at radius 1 is 1.21 bits per heavy atom. The average Bonchev–Trinajstić information content (AvgIpc) is 2.62. The Kier molecular flexibility index (Phi) is 5.38. The first-order valence-corrected chi connectivity index (χ1v) is 7.94. The molecule has 1 amide bonds. The number of benzene rings is 1. The maximum atomic E-state index is 12.8. The van der Waals surface area contributed by atoms with Gasteiger partial charge in [0.25, 0.3) is 5.91 Å². The number of amides is 1. The van der Waals surface area contributed by atoms with Gasteiger partial charge >= 0.3 is 0 Å². The normalized spacial score (nSPS) is 15.0. The zero-order valence-electron chi connectivity index (χ0n) is 13.2. The van der Waals surface area contributed by atoms with E-state index < -0.39 is 0 Å². The summed E-state index contributed by atoms with van der Waals surface area (Å²) in [5.74, 6) is -0.0178. The molecule has 0 bridgehead atoms. The van der Waals surface area contributed by atoms with E-state index in [0.717, 1.165) is 18.4 Å². The number of hydrogen-bond acceptors (Lipinski definition) is 4. The van der Waals surface area contributed by atoms with E-state index >= 15 is 0 Å². The lowest BCUT2D eigenvalue weighted by atomic mass is 10.1. The fraction of sp³-hybridized carbons (Fsp3) is 0.333. The van der Waals surface area contributed by atoms with Crippen LogP contribution in [0.15, 0.2) is 42.6 Å². The first kappa shape index (κ1) is 16.4. The highest BCUT2D eigenvalue weighted by Crippen LogP contribution is 2.16. The minimum atomic E-state index is -0.297. The smallest absolute Gasteiger partial charge is 0.253 e. The average molecular weight is 330 g/mol. The third kappa shape index (κ3) is 4.52. The van der Waals surface area contributed by atoms with Crippen molar-refractivity contribution in [2.24, 2.45) is 0 Å². The van der Waals surface area contributed by atoms with E-state index in [9.17, 15) is 9.18 Å². The van der Waals surface area contributed by atoms with Gasteiger partial charge in [0.1, 0.15) is 11.9 Å². The third-order valence-electron chi connectivity index (χ3n) is 3.82. The quantitative estimate of drug-likeness (QED) is 0.916. The molecule has 1 saturated heterocycles. The molecule has 1 aromatic heterocycles. The van der Waals surface area contributed by atoms with Gasteiger partial charge < -0.3 is 14.8 Å². The molecule has 5 nitrogen and oxygen atoms in total. The summed E-state index contributed by atoms with van der Waals surface area (Å²) in [6.07, 6.45) is 3.31. The van der Waals surface area contributed by atoms with Gasteiger partial charge in [0.15, 0.2) is 0 Å². The van der Waals surface area contributed by atoms with E-state index in [0.29, 0.717) is 31.2 Å². The maximum absolute atomic E-state index is 12.8. The standard InChI is InChI=1S/C18H19FN2O3/c19-15-4-1-13(2-5-15)11-21-18(22)14-3-6-17(20-12-14)24-16-7-9-23-10-8-16/h1-6,12,16H,7-11H2,(H,21,22). The number of rotatable bonds is 5. The van der Waals surface area contributed by atoms with E-state index in [1.807, 2.05) is 0 Å². The zero-order chi connectivity index (χ0) is 16.8. The van der Waals surface area contributed by atoms with E-state index in [4.69, 9.17) is 9.47 Å². The number of carbonyl (C=O) groups excluding carboxylic acids is 1. The van der Waals surface area contributed by atoms with Crippen LogP contribution in [0.25, 0.3) is 0 Å². The summed E-state index contributed by atoms with van der Waals surface area (Å²) in [4.78, 5) is 16.3. The SMILES string of the molecule is O=C(NCc1ccc(F)cc1)c1ccc(OC2CCOCC2)nc1. The van der Waals surface area contributed by atoms with Gasteiger partial charge in [-0.25, -0.2) is 9.37 Å². The Morgan fingerprint density at radius 2 is 1.96 bits per heavy atom. The van der Waals surface area contributed by atoms with Crippen LogP contribution in [0.1, 0.15) is 28.8 Å². The summed E-state index contributed by atoms with van der Waals surface area (Å²) in [7, 11) is 0. The lowest BCUT2D eigenvalue weighted by Crippen LogP contribution is -2.26. The zero-order valence-corrected chi connectivity index (χ0v) is 13.2. The summed E-state index contributed by atoms with van der Waals surface area (Å²) < 4.78 is 23.9. The lowest BCUT2D eigenvalue weighted by Gasteiger charge is -2.22. The molecular weight excluding hydrogens is 311 g/mol. The summed E-state index contributed by atoms with van der Waals surface area (Å²) in [6.45, 7) is 1.74. The lowest BCUT2D eigenvalue weighted by molar-refractivity contribution is 0.0237. The summed E-state index contributed by atoms with van der Waals surface area (Å²) in [5, 5.41) is 2.78. The first-order chi connectivity index (χ1) is 11.7. The van der Waals surface area contributed by atoms with Crippen molar-refractivity contribution in [3.05, 3.63) is 59.5 Å². The summed E-state index contributed by atoms with van der Waals surface area (Å²) in [5.41, 5.74) is 1.29. The highest BCUT2D eigenvalue weighted by atomic mass is 19.1. The molecule has 0 unspecified atom stereocenters. The van der Waals surface area contributed by atoms with Crippen LogP contribution in [0.2, 0.25) is 0 Å². The van der Waals surface area contributed by atoms with Gasteiger partial charge in [0.2, 0.25) is 5.88 Å². The largest absolute Gasteiger partial charge is 0.474 e. The molecule has 0 aliphatic carbocycles. The number of carbonyl (C=O) groups is 1. The van der Waals surface area contributed by atoms with Crippen LogP contribution in [0.3, 0.4) is 0 Å². The van der Waals surface area contributed by atoms with Crippen LogP contribution in [0.5, 0.6) is 5.88 Å². The molecule has 6 heteroatoms. The molecule has 0 atom stereocenters. The van der Waals surface area contributed by atoms with Gasteiger partial charge in [-0.05, 0) is 23.8 Å². The van der Waals surface area contributed by atoms with Crippen LogP contribution >= 0.6 is 0 Å². The van der Waals surface area contributed by atoms with Gasteiger partial charge in [-0.2, -0.15) is 0 Å². The van der Waals surface area contributed by atoms with Crippen LogP contribution in [0, 0.1) is 5.82 Å². The van der Waals surface area contributed by atoms with Crippen molar-refractivity contribution in [1.29, 1.82) is 0 Å². The monoisotopic (exact) mass is 330 g/mol. The number of pyridine rings is 1. The highest BCUT2D eigenvalue weighted by molar-refractivity contribution is 5.93. The predicted molar refractivity (Wildman–Crippen MR) is 86.3 cm³/mol. The van der Waals surface area contributed by atoms with Gasteiger partial charge in [-0.3, -0.25) is 4.79 Å². The van der Waals surface area contributed by atoms with Crippen molar-refractivity contribution in [2.75, 3.05) is 13.2 Å². The van der Waals surface area contributed by atoms with Crippen LogP contribution in [0.4, 0.5) is 4.39 Å². The molecule has 0 saturated carbocycles. The molecule has 3 rings (SSSR count). The fourth-order valence-corrected chi connectivity index (χ4v) is 2.44. The molecule has 1 N–H and O–H groups in total. The van der Waals surface area contributed by atoms with Crippen molar-refractivity contribution in [3.8, 4) is 5.88 Å². The Bertz CT molecular complexity index is 668. The van der Waals surface area contributed by atoms with E-state index in [1.54, 1.807) is 24.3 Å². The number of aromatic nitrogens is 1. The summed E-state index contributed by atoms with van der Waals surface area (Å²) >= 11 is 0. The third-order valence-corrected chi connectivity index (χ3v) is 3.82. The van der Waals surface area contributed by atoms with Crippen molar-refractivity contribution < 1.29 is 18.7 Å². The second-order valence-electron chi connectivity index (χ2n) is 5.62. The minimum Gasteiger partial charge on any atom is -0.474 e. The fourth-order valence-electron chi connectivity index (χ4n) is 2.44. The number of hydrogen-bond donors (Lipinski definition) is 1. The van der Waals surface area contributed by atoms with Crippen molar-refractivity contribution >= 4 is 5.91 Å². The van der Waals surface area contributed by atoms with Gasteiger partial charge in [0.05, 0.1) is 18.8 Å². The predicted octanol–water partition coefficient (Wildman–Crippen LogP) is 2.71. The second kappa shape index (κ2) is 7.88. The van der Waals surface area contributed by atoms with E-state index in [1.165, 1.54) is 18.3 Å². The van der Waals surface area contributed by atoms with Crippen molar-refractivity contribution in [2.45, 2.75) is 25.5 Å². The van der Waals surface area contributed by atoms with Crippen molar-refractivity contribution in [3.63, 3.8) is 0 Å². The van der Waals surface area contributed by atoms with Gasteiger partial charge in [-0.15, -0.1) is 0 Å². The molecule has 24 heavy (non-hydrogen) atoms. The maximum Gasteiger partial charge on any atom is 0.253 e. The van der Waals surface area contributed by atoms with Gasteiger partial charge in [0, 0.05) is 31.6 Å². The molecule has 0 spiro atoms. The molecule has 1 aliphatic heterocycles. The Labute approximate surface area is 139 Å². The highest BCUT2D eigenvalue weighted by Gasteiger charge is 2.16. The second-order valence-corrected chi connectivity index (χ2v) is 5.62. The Morgan fingerprint density at radius 3 is 2.62 bits per heavy atom. The molecule has 1 fully saturated rings. The number of halogens is 1. The minimum absolute atomic E-state index is 0.115.